The van der Waals surface area contributed by atoms with Crippen molar-refractivity contribution in [1.29, 1.82) is 0 Å². The number of benzene rings is 2. The van der Waals surface area contributed by atoms with Gasteiger partial charge in [-0.05, 0) is 24.3 Å². The molecule has 0 fully saturated rings. The lowest BCUT2D eigenvalue weighted by atomic mass is 10.2. The van der Waals surface area contributed by atoms with Crippen molar-refractivity contribution in [2.45, 2.75) is 0 Å². The largest absolute Gasteiger partial charge is 0.691 e. The Bertz CT molecular complexity index is 926. The third-order valence-electron chi connectivity index (χ3n) is 3.21. The predicted octanol–water partition coefficient (Wildman–Crippen LogP) is 1.60. The van der Waals surface area contributed by atoms with Crippen LogP contribution in [0.2, 0.25) is 0 Å². The average molecular weight is 263 g/mol. The third kappa shape index (κ3) is 1.45. The van der Waals surface area contributed by atoms with Crippen molar-refractivity contribution in [2.75, 3.05) is 0 Å². The fourth-order valence-corrected chi connectivity index (χ4v) is 2.30. The standard InChI is InChI=1S/C14H9N5O/c20-19-13-8-4-3-7-12(13)18(17-19)14-10-5-1-2-6-11(10)15-9-16-14/h1-9H. The summed E-state index contributed by atoms with van der Waals surface area (Å²) < 4.78 is 1.55. The van der Waals surface area contributed by atoms with E-state index in [1.165, 1.54) is 6.33 Å². The van der Waals surface area contributed by atoms with Crippen LogP contribution in [0.25, 0.3) is 27.8 Å². The van der Waals surface area contributed by atoms with Crippen LogP contribution in [0.4, 0.5) is 0 Å². The van der Waals surface area contributed by atoms with Gasteiger partial charge < -0.3 is 5.21 Å². The summed E-state index contributed by atoms with van der Waals surface area (Å²) in [6, 6.07) is 14.9. The molecule has 96 valence electrons. The van der Waals surface area contributed by atoms with Crippen molar-refractivity contribution < 1.29 is 4.85 Å². The van der Waals surface area contributed by atoms with Crippen molar-refractivity contribution >= 4 is 21.9 Å². The zero-order valence-corrected chi connectivity index (χ0v) is 10.3. The lowest BCUT2D eigenvalue weighted by molar-refractivity contribution is -0.645. The molecule has 2 aromatic carbocycles. The number of nitrogens with zero attached hydrogens (tertiary/aromatic N) is 5. The van der Waals surface area contributed by atoms with Crippen LogP contribution in [-0.2, 0) is 0 Å². The quantitative estimate of drug-likeness (QED) is 0.386. The minimum absolute atomic E-state index is 0.509. The van der Waals surface area contributed by atoms with Crippen molar-refractivity contribution in [2.24, 2.45) is 0 Å². The van der Waals surface area contributed by atoms with E-state index in [4.69, 9.17) is 0 Å². The van der Waals surface area contributed by atoms with Crippen LogP contribution in [0.5, 0.6) is 0 Å². The van der Waals surface area contributed by atoms with Gasteiger partial charge in [0.25, 0.3) is 5.82 Å². The second kappa shape index (κ2) is 3.99. The third-order valence-corrected chi connectivity index (χ3v) is 3.21. The highest BCUT2D eigenvalue weighted by Gasteiger charge is 2.19. The van der Waals surface area contributed by atoms with Crippen molar-refractivity contribution in [3.63, 3.8) is 0 Å². The number of para-hydroxylation sites is 3. The molecule has 0 amide bonds. The second-order valence-electron chi connectivity index (χ2n) is 4.38. The first-order valence-electron chi connectivity index (χ1n) is 6.12. The van der Waals surface area contributed by atoms with E-state index in [1.54, 1.807) is 16.8 Å². The molecule has 0 aliphatic heterocycles. The zero-order valence-electron chi connectivity index (χ0n) is 10.3. The number of fused-ring (bicyclic) bond motifs is 2. The van der Waals surface area contributed by atoms with Gasteiger partial charge >= 0.3 is 0 Å². The van der Waals surface area contributed by atoms with Crippen molar-refractivity contribution in [1.82, 2.24) is 19.9 Å². The summed E-state index contributed by atoms with van der Waals surface area (Å²) in [6.07, 6.45) is 1.48. The number of hydrogen-bond acceptors (Lipinski definition) is 4. The van der Waals surface area contributed by atoms with Gasteiger partial charge in [0.05, 0.1) is 10.9 Å². The number of hydrogen-bond donors (Lipinski definition) is 0. The van der Waals surface area contributed by atoms with Crippen LogP contribution in [0.3, 0.4) is 0 Å². The van der Waals surface area contributed by atoms with Crippen LogP contribution in [0.1, 0.15) is 0 Å². The maximum atomic E-state index is 11.9. The van der Waals surface area contributed by atoms with E-state index in [1.807, 2.05) is 36.4 Å². The first kappa shape index (κ1) is 10.9. The second-order valence-corrected chi connectivity index (χ2v) is 4.38. The molecule has 6 nitrogen and oxygen atoms in total. The Balaban J connectivity index is 2.12. The molecule has 4 rings (SSSR count). The van der Waals surface area contributed by atoms with Crippen LogP contribution < -0.4 is 4.85 Å². The Hall–Kier alpha value is -3.02. The van der Waals surface area contributed by atoms with Gasteiger partial charge in [-0.1, -0.05) is 28.9 Å². The molecule has 0 bridgehead atoms. The molecule has 0 unspecified atom stereocenters. The summed E-state index contributed by atoms with van der Waals surface area (Å²) in [5, 5.41) is 16.7. The molecule has 2 aromatic heterocycles. The molecule has 0 aliphatic carbocycles. The van der Waals surface area contributed by atoms with Crippen LogP contribution in [-0.4, -0.2) is 19.9 Å². The maximum Gasteiger partial charge on any atom is 0.259 e. The fraction of sp³-hybridized carbons (Fsp3) is 0. The lowest BCUT2D eigenvalue weighted by Crippen LogP contribution is -2.29. The first-order valence-corrected chi connectivity index (χ1v) is 6.12. The summed E-state index contributed by atoms with van der Waals surface area (Å²) in [5.41, 5.74) is 2.04. The fourth-order valence-electron chi connectivity index (χ4n) is 2.30. The van der Waals surface area contributed by atoms with Gasteiger partial charge in [-0.3, -0.25) is 0 Å². The van der Waals surface area contributed by atoms with Crippen molar-refractivity contribution in [3.8, 4) is 5.82 Å². The first-order chi connectivity index (χ1) is 9.84. The summed E-state index contributed by atoms with van der Waals surface area (Å²) in [5.74, 6) is 0.599. The van der Waals surface area contributed by atoms with E-state index < -0.39 is 0 Å². The smallest absolute Gasteiger partial charge is 0.259 e. The van der Waals surface area contributed by atoms with Crippen LogP contribution >= 0.6 is 0 Å². The van der Waals surface area contributed by atoms with Gasteiger partial charge in [0, 0.05) is 0 Å². The molecule has 0 spiro atoms. The molecule has 6 heteroatoms. The summed E-state index contributed by atoms with van der Waals surface area (Å²) in [6.45, 7) is 0. The Labute approximate surface area is 113 Å². The van der Waals surface area contributed by atoms with Gasteiger partial charge in [0.15, 0.2) is 0 Å². The Morgan fingerprint density at radius 1 is 0.950 bits per heavy atom. The SMILES string of the molecule is [O-][n+]1nn(-c2ncnc3ccccc23)c2ccccc21. The Kier molecular flexibility index (Phi) is 2.17. The molecule has 0 saturated heterocycles. The molecular weight excluding hydrogens is 254 g/mol. The lowest BCUT2D eigenvalue weighted by Gasteiger charge is -1.99. The molecule has 0 saturated carbocycles. The molecular formula is C14H9N5O. The summed E-state index contributed by atoms with van der Waals surface area (Å²) >= 11 is 0. The van der Waals surface area contributed by atoms with Gasteiger partial charge in [0.2, 0.25) is 11.0 Å². The number of aromatic nitrogens is 5. The predicted molar refractivity (Wildman–Crippen MR) is 73.1 cm³/mol. The molecule has 0 N–H and O–H groups in total. The van der Waals surface area contributed by atoms with E-state index in [0.29, 0.717) is 21.7 Å². The Morgan fingerprint density at radius 2 is 1.75 bits per heavy atom. The molecule has 20 heavy (non-hydrogen) atoms. The van der Waals surface area contributed by atoms with E-state index in [0.717, 1.165) is 10.9 Å². The highest BCUT2D eigenvalue weighted by molar-refractivity contribution is 5.86. The highest BCUT2D eigenvalue weighted by atomic mass is 16.5. The van der Waals surface area contributed by atoms with Crippen LogP contribution in [0.15, 0.2) is 54.9 Å². The van der Waals surface area contributed by atoms with Gasteiger partial charge in [-0.2, -0.15) is 4.98 Å². The molecule has 4 aromatic rings. The normalized spacial score (nSPS) is 11.2. The minimum Gasteiger partial charge on any atom is -0.691 e. The molecule has 0 radical (unpaired) electrons. The summed E-state index contributed by atoms with van der Waals surface area (Å²) in [7, 11) is 0. The monoisotopic (exact) mass is 263 g/mol. The topological polar surface area (TPSA) is 70.5 Å². The average Bonchev–Trinajstić information content (AvgIpc) is 2.84. The van der Waals surface area contributed by atoms with E-state index in [9.17, 15) is 5.21 Å². The Morgan fingerprint density at radius 3 is 2.70 bits per heavy atom. The summed E-state index contributed by atoms with van der Waals surface area (Å²) in [4.78, 5) is 9.10. The zero-order chi connectivity index (χ0) is 13.5. The van der Waals surface area contributed by atoms with Gasteiger partial charge in [-0.25, -0.2) is 4.98 Å². The molecule has 0 aliphatic rings. The van der Waals surface area contributed by atoms with Gasteiger partial charge in [-0.15, -0.1) is 4.85 Å². The molecule has 0 atom stereocenters. The maximum absolute atomic E-state index is 11.9. The number of rotatable bonds is 1. The van der Waals surface area contributed by atoms with E-state index in [-0.39, 0.29) is 0 Å². The van der Waals surface area contributed by atoms with E-state index in [2.05, 4.69) is 15.2 Å². The molecule has 2 heterocycles. The van der Waals surface area contributed by atoms with Crippen molar-refractivity contribution in [3.05, 3.63) is 60.1 Å². The highest BCUT2D eigenvalue weighted by Crippen LogP contribution is 2.20. The van der Waals surface area contributed by atoms with E-state index >= 15 is 0 Å². The minimum atomic E-state index is 0.509. The van der Waals surface area contributed by atoms with Gasteiger partial charge in [0.1, 0.15) is 11.5 Å². The van der Waals surface area contributed by atoms with Crippen LogP contribution in [0, 0.1) is 5.21 Å².